The zero-order valence-electron chi connectivity index (χ0n) is 16.1. The fraction of sp³-hybridized carbons (Fsp3) is 0.333. The van der Waals surface area contributed by atoms with E-state index in [1.54, 1.807) is 24.1 Å². The first-order valence-corrected chi connectivity index (χ1v) is 9.09. The maximum atomic E-state index is 12.7. The number of likely N-dealkylation sites (N-methyl/N-ethyl adjacent to an activating group) is 2. The number of nitrogens with one attached hydrogen (secondary N) is 1. The third-order valence-corrected chi connectivity index (χ3v) is 4.28. The van der Waals surface area contributed by atoms with Crippen LogP contribution in [0.25, 0.3) is 0 Å². The molecule has 2 amide bonds. The van der Waals surface area contributed by atoms with Crippen LogP contribution in [0.1, 0.15) is 13.8 Å². The van der Waals surface area contributed by atoms with Crippen molar-refractivity contribution in [1.29, 1.82) is 0 Å². The Morgan fingerprint density at radius 1 is 0.926 bits per heavy atom. The number of hydrogen-bond acceptors (Lipinski definition) is 4. The van der Waals surface area contributed by atoms with Crippen molar-refractivity contribution in [1.82, 2.24) is 4.90 Å². The molecule has 0 bridgehead atoms. The molecule has 0 saturated carbocycles. The van der Waals surface area contributed by atoms with Gasteiger partial charge in [-0.25, -0.2) is 0 Å². The van der Waals surface area contributed by atoms with Gasteiger partial charge in [0.25, 0.3) is 0 Å². The molecule has 0 fully saturated rings. The Bertz CT molecular complexity index is 749. The van der Waals surface area contributed by atoms with Crippen LogP contribution in [0.15, 0.2) is 54.6 Å². The number of amides is 2. The van der Waals surface area contributed by atoms with Gasteiger partial charge in [0.15, 0.2) is 0 Å². The average Bonchev–Trinajstić information content (AvgIpc) is 2.71. The van der Waals surface area contributed by atoms with Crippen LogP contribution in [0.5, 0.6) is 5.75 Å². The first-order chi connectivity index (χ1) is 13.1. The molecule has 144 valence electrons. The molecule has 0 unspecified atom stereocenters. The van der Waals surface area contributed by atoms with Gasteiger partial charge in [-0.1, -0.05) is 30.3 Å². The third kappa shape index (κ3) is 5.74. The van der Waals surface area contributed by atoms with Crippen molar-refractivity contribution in [3.8, 4) is 5.75 Å². The van der Waals surface area contributed by atoms with E-state index in [1.165, 1.54) is 0 Å². The van der Waals surface area contributed by atoms with Crippen molar-refractivity contribution in [2.75, 3.05) is 43.5 Å². The minimum atomic E-state index is -0.252. The van der Waals surface area contributed by atoms with Gasteiger partial charge in [-0.05, 0) is 38.1 Å². The van der Waals surface area contributed by atoms with Gasteiger partial charge < -0.3 is 19.9 Å². The van der Waals surface area contributed by atoms with Gasteiger partial charge in [0.2, 0.25) is 11.8 Å². The summed E-state index contributed by atoms with van der Waals surface area (Å²) in [5, 5.41) is 2.81. The fourth-order valence-corrected chi connectivity index (χ4v) is 2.78. The van der Waals surface area contributed by atoms with E-state index in [9.17, 15) is 9.59 Å². The highest BCUT2D eigenvalue weighted by atomic mass is 16.5. The van der Waals surface area contributed by atoms with Gasteiger partial charge in [0.1, 0.15) is 5.75 Å². The Morgan fingerprint density at radius 3 is 2.22 bits per heavy atom. The second kappa shape index (κ2) is 10.2. The van der Waals surface area contributed by atoms with Crippen molar-refractivity contribution in [2.45, 2.75) is 13.8 Å². The molecule has 0 saturated heterocycles. The molecule has 1 N–H and O–H groups in total. The monoisotopic (exact) mass is 369 g/mol. The summed E-state index contributed by atoms with van der Waals surface area (Å²) < 4.78 is 5.24. The molecule has 0 radical (unpaired) electrons. The molecular weight excluding hydrogens is 342 g/mol. The summed E-state index contributed by atoms with van der Waals surface area (Å²) in [6, 6.07) is 17.0. The largest absolute Gasteiger partial charge is 0.495 e. The van der Waals surface area contributed by atoms with Gasteiger partial charge >= 0.3 is 0 Å². The van der Waals surface area contributed by atoms with E-state index in [0.29, 0.717) is 24.5 Å². The molecule has 0 atom stereocenters. The third-order valence-electron chi connectivity index (χ3n) is 4.28. The number of ether oxygens (including phenoxy) is 1. The van der Waals surface area contributed by atoms with Crippen molar-refractivity contribution < 1.29 is 14.3 Å². The van der Waals surface area contributed by atoms with Crippen LogP contribution in [0.2, 0.25) is 0 Å². The van der Waals surface area contributed by atoms with Crippen LogP contribution in [0.4, 0.5) is 11.4 Å². The molecule has 0 aliphatic rings. The highest BCUT2D eigenvalue weighted by molar-refractivity contribution is 5.96. The summed E-state index contributed by atoms with van der Waals surface area (Å²) in [6.45, 7) is 5.28. The van der Waals surface area contributed by atoms with Crippen LogP contribution in [-0.4, -0.2) is 50.0 Å². The van der Waals surface area contributed by atoms with E-state index >= 15 is 0 Å². The number of para-hydroxylation sites is 3. The first kappa shape index (κ1) is 20.3. The topological polar surface area (TPSA) is 61.9 Å². The van der Waals surface area contributed by atoms with Crippen LogP contribution in [0, 0.1) is 0 Å². The molecule has 0 aliphatic carbocycles. The number of methoxy groups -OCH3 is 1. The van der Waals surface area contributed by atoms with Crippen LogP contribution < -0.4 is 15.0 Å². The zero-order valence-corrected chi connectivity index (χ0v) is 16.1. The normalized spacial score (nSPS) is 10.2. The fourth-order valence-electron chi connectivity index (χ4n) is 2.78. The van der Waals surface area contributed by atoms with Gasteiger partial charge in [-0.3, -0.25) is 9.59 Å². The van der Waals surface area contributed by atoms with Crippen LogP contribution in [0.3, 0.4) is 0 Å². The Labute approximate surface area is 160 Å². The van der Waals surface area contributed by atoms with Crippen molar-refractivity contribution in [3.63, 3.8) is 0 Å². The van der Waals surface area contributed by atoms with Crippen LogP contribution in [-0.2, 0) is 9.59 Å². The van der Waals surface area contributed by atoms with Crippen molar-refractivity contribution >= 4 is 23.2 Å². The highest BCUT2D eigenvalue weighted by Gasteiger charge is 2.19. The lowest BCUT2D eigenvalue weighted by molar-refractivity contribution is -0.133. The number of nitrogens with zero attached hydrogens (tertiary/aromatic N) is 2. The van der Waals surface area contributed by atoms with Crippen molar-refractivity contribution in [2.24, 2.45) is 0 Å². The first-order valence-electron chi connectivity index (χ1n) is 9.09. The van der Waals surface area contributed by atoms with Gasteiger partial charge in [0.05, 0.1) is 25.9 Å². The predicted octanol–water partition coefficient (Wildman–Crippen LogP) is 3.01. The second-order valence-electron chi connectivity index (χ2n) is 6.01. The molecule has 6 nitrogen and oxygen atoms in total. The number of rotatable bonds is 9. The van der Waals surface area contributed by atoms with E-state index in [-0.39, 0.29) is 24.9 Å². The standard InChI is InChI=1S/C21H27N3O3/c1-4-23(17-11-7-6-8-12-17)16-21(26)24(5-2)15-20(25)22-18-13-9-10-14-19(18)27-3/h6-14H,4-5,15-16H2,1-3H3,(H,22,25). The summed E-state index contributed by atoms with van der Waals surface area (Å²) >= 11 is 0. The number of carbonyl (C=O) groups excluding carboxylic acids is 2. The predicted molar refractivity (Wildman–Crippen MR) is 108 cm³/mol. The molecule has 2 aromatic rings. The molecule has 0 aromatic heterocycles. The van der Waals surface area contributed by atoms with Gasteiger partial charge in [-0.15, -0.1) is 0 Å². The Hall–Kier alpha value is -3.02. The summed E-state index contributed by atoms with van der Waals surface area (Å²) in [4.78, 5) is 28.7. The average molecular weight is 369 g/mol. The number of carbonyl (C=O) groups is 2. The van der Waals surface area contributed by atoms with Gasteiger partial charge in [0, 0.05) is 18.8 Å². The SMILES string of the molecule is CCN(CC(=O)Nc1ccccc1OC)C(=O)CN(CC)c1ccccc1. The summed E-state index contributed by atoms with van der Waals surface area (Å²) in [5.74, 6) is 0.248. The quantitative estimate of drug-likeness (QED) is 0.738. The maximum Gasteiger partial charge on any atom is 0.244 e. The van der Waals surface area contributed by atoms with E-state index < -0.39 is 0 Å². The number of hydrogen-bond donors (Lipinski definition) is 1. The van der Waals surface area contributed by atoms with E-state index in [0.717, 1.165) is 5.69 Å². The summed E-state index contributed by atoms with van der Waals surface area (Å²) in [6.07, 6.45) is 0. The zero-order chi connectivity index (χ0) is 19.6. The number of benzene rings is 2. The molecule has 0 heterocycles. The smallest absolute Gasteiger partial charge is 0.244 e. The molecule has 2 rings (SSSR count). The Morgan fingerprint density at radius 2 is 1.59 bits per heavy atom. The lowest BCUT2D eigenvalue weighted by Crippen LogP contribution is -2.43. The minimum absolute atomic E-state index is 0.000272. The summed E-state index contributed by atoms with van der Waals surface area (Å²) in [5.41, 5.74) is 1.58. The van der Waals surface area contributed by atoms with E-state index in [2.05, 4.69) is 5.32 Å². The molecule has 0 aliphatic heterocycles. The highest BCUT2D eigenvalue weighted by Crippen LogP contribution is 2.22. The lowest BCUT2D eigenvalue weighted by Gasteiger charge is -2.27. The Balaban J connectivity index is 1.98. The number of anilines is 2. The van der Waals surface area contributed by atoms with Crippen molar-refractivity contribution in [3.05, 3.63) is 54.6 Å². The molecule has 2 aromatic carbocycles. The second-order valence-corrected chi connectivity index (χ2v) is 6.01. The summed E-state index contributed by atoms with van der Waals surface area (Å²) in [7, 11) is 1.55. The maximum absolute atomic E-state index is 12.7. The van der Waals surface area contributed by atoms with Crippen LogP contribution >= 0.6 is 0 Å². The van der Waals surface area contributed by atoms with E-state index in [4.69, 9.17) is 4.74 Å². The molecule has 6 heteroatoms. The molecular formula is C21H27N3O3. The minimum Gasteiger partial charge on any atom is -0.495 e. The van der Waals surface area contributed by atoms with E-state index in [1.807, 2.05) is 61.2 Å². The Kier molecular flexibility index (Phi) is 7.67. The molecule has 0 spiro atoms. The lowest BCUT2D eigenvalue weighted by atomic mass is 10.2. The molecule has 27 heavy (non-hydrogen) atoms. The van der Waals surface area contributed by atoms with Gasteiger partial charge in [-0.2, -0.15) is 0 Å².